The molecule has 0 fully saturated rings. The van der Waals surface area contributed by atoms with Crippen LogP contribution in [0.1, 0.15) is 17.2 Å². The summed E-state index contributed by atoms with van der Waals surface area (Å²) >= 11 is 0. The maximum atomic E-state index is 12.4. The Hall–Kier alpha value is -1.85. The van der Waals surface area contributed by atoms with E-state index in [1.54, 1.807) is 0 Å². The largest absolute Gasteiger partial charge is 0.415 e. The van der Waals surface area contributed by atoms with E-state index < -0.39 is 24.9 Å². The summed E-state index contributed by atoms with van der Waals surface area (Å²) in [5, 5.41) is 11.9. The van der Waals surface area contributed by atoms with Crippen LogP contribution in [0.2, 0.25) is 0 Å². The Morgan fingerprint density at radius 3 is 1.67 bits per heavy atom. The van der Waals surface area contributed by atoms with Gasteiger partial charge in [-0.15, -0.1) is 0 Å². The number of hydrogen-bond donors (Lipinski definition) is 2. The summed E-state index contributed by atoms with van der Waals surface area (Å²) in [4.78, 5) is 0. The fraction of sp³-hybridized carbons (Fsp3) is 0.250. The second-order valence-corrected chi connectivity index (χ2v) is 4.72. The normalized spacial score (nSPS) is 13.4. The minimum Gasteiger partial charge on any atom is -0.382 e. The maximum Gasteiger partial charge on any atom is 0.415 e. The second-order valence-electron chi connectivity index (χ2n) is 4.72. The van der Waals surface area contributed by atoms with E-state index >= 15 is 0 Å². The quantitative estimate of drug-likeness (QED) is 0.887. The van der Waals surface area contributed by atoms with Crippen molar-refractivity contribution < 1.29 is 18.3 Å². The van der Waals surface area contributed by atoms with Crippen LogP contribution in [-0.4, -0.2) is 23.9 Å². The molecule has 0 radical (unpaired) electrons. The summed E-state index contributed by atoms with van der Waals surface area (Å²) in [7, 11) is 0. The first-order chi connectivity index (χ1) is 9.98. The number of aliphatic hydroxyl groups is 1. The van der Waals surface area contributed by atoms with E-state index in [4.69, 9.17) is 5.11 Å². The van der Waals surface area contributed by atoms with Crippen LogP contribution in [0.25, 0.3) is 0 Å². The molecule has 0 spiro atoms. The lowest BCUT2D eigenvalue weighted by Crippen LogP contribution is -2.40. The van der Waals surface area contributed by atoms with Crippen molar-refractivity contribution >= 4 is 0 Å². The Labute approximate surface area is 121 Å². The first kappa shape index (κ1) is 15.5. The number of alkyl halides is 3. The molecule has 2 aromatic carbocycles. The van der Waals surface area contributed by atoms with Gasteiger partial charge in [-0.1, -0.05) is 60.7 Å². The van der Waals surface area contributed by atoms with Crippen LogP contribution in [0.5, 0.6) is 0 Å². The number of nitrogens with one attached hydrogen (secondary N) is 1. The molecular weight excluding hydrogens is 279 g/mol. The molecule has 0 bridgehead atoms. The molecule has 2 nitrogen and oxygen atoms in total. The van der Waals surface area contributed by atoms with E-state index in [0.29, 0.717) is 0 Å². The Kier molecular flexibility index (Phi) is 4.98. The fourth-order valence-corrected chi connectivity index (χ4v) is 2.06. The van der Waals surface area contributed by atoms with E-state index in [-0.39, 0.29) is 0 Å². The van der Waals surface area contributed by atoms with Crippen molar-refractivity contribution in [3.8, 4) is 0 Å². The van der Waals surface area contributed by atoms with Gasteiger partial charge in [-0.05, 0) is 11.1 Å². The van der Waals surface area contributed by atoms with Crippen molar-refractivity contribution in [2.75, 3.05) is 6.54 Å². The minimum absolute atomic E-state index is 0.399. The maximum absolute atomic E-state index is 12.4. The van der Waals surface area contributed by atoms with Crippen molar-refractivity contribution in [3.05, 3.63) is 71.8 Å². The molecule has 0 saturated heterocycles. The standard InChI is InChI=1S/C16H16F3NO/c17-16(18,19)14(21)11-20-15(12-7-3-1-4-8-12)13-9-5-2-6-10-13/h1-10,14-15,20-21H,11H2. The van der Waals surface area contributed by atoms with Gasteiger partial charge in [0, 0.05) is 6.54 Å². The summed E-state index contributed by atoms with van der Waals surface area (Å²) in [6.07, 6.45) is -7.00. The molecule has 5 heteroatoms. The lowest BCUT2D eigenvalue weighted by molar-refractivity contribution is -0.202. The molecule has 1 unspecified atom stereocenters. The number of aliphatic hydroxyl groups excluding tert-OH is 1. The molecule has 0 aliphatic rings. The summed E-state index contributed by atoms with van der Waals surface area (Å²) in [6.45, 7) is -0.558. The Balaban J connectivity index is 2.18. The number of rotatable bonds is 5. The van der Waals surface area contributed by atoms with E-state index in [0.717, 1.165) is 11.1 Å². The average molecular weight is 295 g/mol. The van der Waals surface area contributed by atoms with E-state index in [9.17, 15) is 13.2 Å². The molecule has 112 valence electrons. The van der Waals surface area contributed by atoms with Crippen LogP contribution < -0.4 is 5.32 Å². The third kappa shape index (κ3) is 4.31. The molecule has 0 heterocycles. The molecular formula is C16H16F3NO. The van der Waals surface area contributed by atoms with Crippen molar-refractivity contribution in [3.63, 3.8) is 0 Å². The Bertz CT molecular complexity index is 503. The molecule has 0 aromatic heterocycles. The van der Waals surface area contributed by atoms with Gasteiger partial charge in [0.1, 0.15) is 0 Å². The van der Waals surface area contributed by atoms with Gasteiger partial charge in [0.05, 0.1) is 6.04 Å². The summed E-state index contributed by atoms with van der Waals surface area (Å²) in [5.74, 6) is 0. The minimum atomic E-state index is -4.62. The third-order valence-electron chi connectivity index (χ3n) is 3.16. The van der Waals surface area contributed by atoms with Crippen molar-refractivity contribution in [2.45, 2.75) is 18.3 Å². The molecule has 0 aliphatic carbocycles. The second kappa shape index (κ2) is 6.74. The van der Waals surface area contributed by atoms with Gasteiger partial charge < -0.3 is 10.4 Å². The molecule has 0 saturated carbocycles. The third-order valence-corrected chi connectivity index (χ3v) is 3.16. The van der Waals surface area contributed by atoms with E-state index in [1.807, 2.05) is 60.7 Å². The van der Waals surface area contributed by atoms with Gasteiger partial charge in [-0.25, -0.2) is 0 Å². The monoisotopic (exact) mass is 295 g/mol. The average Bonchev–Trinajstić information content (AvgIpc) is 2.48. The lowest BCUT2D eigenvalue weighted by Gasteiger charge is -2.22. The van der Waals surface area contributed by atoms with Crippen LogP contribution in [0.4, 0.5) is 13.2 Å². The predicted molar refractivity (Wildman–Crippen MR) is 74.8 cm³/mol. The Morgan fingerprint density at radius 1 is 0.857 bits per heavy atom. The Morgan fingerprint density at radius 2 is 1.29 bits per heavy atom. The van der Waals surface area contributed by atoms with E-state index in [1.165, 1.54) is 0 Å². The first-order valence-electron chi connectivity index (χ1n) is 6.56. The molecule has 1 atom stereocenters. The number of hydrogen-bond acceptors (Lipinski definition) is 2. The van der Waals surface area contributed by atoms with Crippen LogP contribution >= 0.6 is 0 Å². The zero-order valence-corrected chi connectivity index (χ0v) is 11.2. The summed E-state index contributed by atoms with van der Waals surface area (Å²) in [5.41, 5.74) is 1.69. The highest BCUT2D eigenvalue weighted by atomic mass is 19.4. The van der Waals surface area contributed by atoms with Crippen molar-refractivity contribution in [2.24, 2.45) is 0 Å². The molecule has 2 rings (SSSR count). The fourth-order valence-electron chi connectivity index (χ4n) is 2.06. The predicted octanol–water partition coefficient (Wildman–Crippen LogP) is 3.29. The van der Waals surface area contributed by atoms with E-state index in [2.05, 4.69) is 5.32 Å². The zero-order valence-electron chi connectivity index (χ0n) is 11.2. The van der Waals surface area contributed by atoms with Crippen LogP contribution in [0, 0.1) is 0 Å². The summed E-state index contributed by atoms with van der Waals surface area (Å²) < 4.78 is 37.2. The molecule has 2 aromatic rings. The van der Waals surface area contributed by atoms with Gasteiger partial charge >= 0.3 is 6.18 Å². The number of halogens is 3. The van der Waals surface area contributed by atoms with Gasteiger partial charge in [-0.3, -0.25) is 0 Å². The molecule has 21 heavy (non-hydrogen) atoms. The van der Waals surface area contributed by atoms with Gasteiger partial charge in [0.15, 0.2) is 6.10 Å². The van der Waals surface area contributed by atoms with Gasteiger partial charge in [-0.2, -0.15) is 13.2 Å². The number of benzene rings is 2. The van der Waals surface area contributed by atoms with Gasteiger partial charge in [0.2, 0.25) is 0 Å². The molecule has 2 N–H and O–H groups in total. The molecule has 0 amide bonds. The van der Waals surface area contributed by atoms with Crippen molar-refractivity contribution in [1.82, 2.24) is 5.32 Å². The topological polar surface area (TPSA) is 32.3 Å². The van der Waals surface area contributed by atoms with Crippen LogP contribution in [0.15, 0.2) is 60.7 Å². The molecule has 0 aliphatic heterocycles. The highest BCUT2D eigenvalue weighted by Gasteiger charge is 2.38. The first-order valence-corrected chi connectivity index (χ1v) is 6.56. The SMILES string of the molecule is OC(CNC(c1ccccc1)c1ccccc1)C(F)(F)F. The smallest absolute Gasteiger partial charge is 0.382 e. The highest BCUT2D eigenvalue weighted by molar-refractivity contribution is 5.31. The highest BCUT2D eigenvalue weighted by Crippen LogP contribution is 2.24. The summed E-state index contributed by atoms with van der Waals surface area (Å²) in [6, 6.07) is 17.9. The van der Waals surface area contributed by atoms with Crippen LogP contribution in [-0.2, 0) is 0 Å². The van der Waals surface area contributed by atoms with Gasteiger partial charge in [0.25, 0.3) is 0 Å². The van der Waals surface area contributed by atoms with Crippen LogP contribution in [0.3, 0.4) is 0 Å². The lowest BCUT2D eigenvalue weighted by atomic mass is 9.98. The zero-order chi connectivity index (χ0) is 15.3. The van der Waals surface area contributed by atoms with Crippen molar-refractivity contribution in [1.29, 1.82) is 0 Å².